The lowest BCUT2D eigenvalue weighted by Crippen LogP contribution is -2.16. The van der Waals surface area contributed by atoms with E-state index in [4.69, 9.17) is 18.0 Å². The molecule has 1 heterocycles. The van der Waals surface area contributed by atoms with Gasteiger partial charge in [-0.05, 0) is 24.3 Å². The van der Waals surface area contributed by atoms with Crippen LogP contribution in [0.3, 0.4) is 0 Å². The van der Waals surface area contributed by atoms with Crippen LogP contribution in [0.15, 0.2) is 53.5 Å². The molecule has 2 aromatic carbocycles. The summed E-state index contributed by atoms with van der Waals surface area (Å²) in [5.74, 6) is 2.23. The maximum atomic E-state index is 12.4. The number of terminal acetylenes is 1. The maximum absolute atomic E-state index is 12.4. The second-order valence-electron chi connectivity index (χ2n) is 4.54. The number of para-hydroxylation sites is 1. The van der Waals surface area contributed by atoms with Gasteiger partial charge in [0.1, 0.15) is 0 Å². The maximum Gasteiger partial charge on any atom is 0.281 e. The van der Waals surface area contributed by atoms with E-state index in [-0.39, 0.29) is 5.91 Å². The van der Waals surface area contributed by atoms with Crippen LogP contribution < -0.4 is 4.80 Å². The van der Waals surface area contributed by atoms with E-state index < -0.39 is 0 Å². The first-order chi connectivity index (χ1) is 10.7. The Morgan fingerprint density at radius 3 is 2.73 bits per heavy atom. The summed E-state index contributed by atoms with van der Waals surface area (Å²) < 4.78 is 2.89. The summed E-state index contributed by atoms with van der Waals surface area (Å²) in [6.45, 7) is 0.360. The van der Waals surface area contributed by atoms with Crippen molar-refractivity contribution in [2.75, 3.05) is 0 Å². The van der Waals surface area contributed by atoms with Crippen molar-refractivity contribution in [2.45, 2.75) is 6.54 Å². The zero-order valence-electron chi connectivity index (χ0n) is 11.5. The van der Waals surface area contributed by atoms with Crippen LogP contribution >= 0.6 is 22.9 Å². The third kappa shape index (κ3) is 2.69. The van der Waals surface area contributed by atoms with Gasteiger partial charge in [-0.1, -0.05) is 53.1 Å². The highest BCUT2D eigenvalue weighted by Crippen LogP contribution is 2.18. The first-order valence-electron chi connectivity index (χ1n) is 6.56. The summed E-state index contributed by atoms with van der Waals surface area (Å²) in [5.41, 5.74) is 1.35. The standard InChI is InChI=1S/C17H11ClN2OS/c1-2-11-20-14-9-5-6-10-15(14)22-17(20)19-16(21)12-7-3-4-8-13(12)18/h1,3-10H,11H2. The highest BCUT2D eigenvalue weighted by molar-refractivity contribution is 7.16. The molecule has 3 nitrogen and oxygen atoms in total. The highest BCUT2D eigenvalue weighted by Gasteiger charge is 2.10. The Kier molecular flexibility index (Phi) is 4.10. The first-order valence-corrected chi connectivity index (χ1v) is 7.75. The van der Waals surface area contributed by atoms with Crippen LogP contribution in [0.5, 0.6) is 0 Å². The van der Waals surface area contributed by atoms with Gasteiger partial charge < -0.3 is 4.57 Å². The molecule has 0 atom stereocenters. The predicted molar refractivity (Wildman–Crippen MR) is 90.0 cm³/mol. The summed E-state index contributed by atoms with van der Waals surface area (Å²) in [5, 5.41) is 0.390. The minimum absolute atomic E-state index is 0.360. The van der Waals surface area contributed by atoms with Gasteiger partial charge in [-0.2, -0.15) is 4.99 Å². The normalized spacial score (nSPS) is 11.5. The van der Waals surface area contributed by atoms with Crippen molar-refractivity contribution < 1.29 is 4.79 Å². The molecule has 0 saturated carbocycles. The first kappa shape index (κ1) is 14.6. The zero-order valence-corrected chi connectivity index (χ0v) is 13.1. The number of carbonyl (C=O) groups is 1. The van der Waals surface area contributed by atoms with Gasteiger partial charge in [0.25, 0.3) is 5.91 Å². The van der Waals surface area contributed by atoms with Crippen LogP contribution in [-0.2, 0) is 6.54 Å². The molecule has 0 radical (unpaired) electrons. The van der Waals surface area contributed by atoms with Gasteiger partial charge in [-0.25, -0.2) is 0 Å². The minimum Gasteiger partial charge on any atom is -0.305 e. The van der Waals surface area contributed by atoms with E-state index in [1.807, 2.05) is 28.8 Å². The molecule has 0 unspecified atom stereocenters. The molecule has 108 valence electrons. The van der Waals surface area contributed by atoms with Crippen LogP contribution in [0, 0.1) is 12.3 Å². The molecule has 5 heteroatoms. The van der Waals surface area contributed by atoms with Gasteiger partial charge in [0, 0.05) is 0 Å². The van der Waals surface area contributed by atoms with Crippen molar-refractivity contribution in [1.82, 2.24) is 4.57 Å². The minimum atomic E-state index is -0.372. The van der Waals surface area contributed by atoms with Gasteiger partial charge in [0.2, 0.25) is 0 Å². The average molecular weight is 327 g/mol. The number of nitrogens with zero attached hydrogens (tertiary/aromatic N) is 2. The van der Waals surface area contributed by atoms with E-state index in [0.717, 1.165) is 10.2 Å². The molecule has 0 aliphatic rings. The smallest absolute Gasteiger partial charge is 0.281 e. The molecule has 3 rings (SSSR count). The fourth-order valence-corrected chi connectivity index (χ4v) is 3.38. The predicted octanol–water partition coefficient (Wildman–Crippen LogP) is 3.73. The molecule has 0 saturated heterocycles. The van der Waals surface area contributed by atoms with Gasteiger partial charge in [0.05, 0.1) is 27.3 Å². The van der Waals surface area contributed by atoms with Crippen LogP contribution in [0.2, 0.25) is 5.02 Å². The molecule has 0 N–H and O–H groups in total. The van der Waals surface area contributed by atoms with Gasteiger partial charge in [-0.3, -0.25) is 4.79 Å². The molecule has 0 aliphatic heterocycles. The molecule has 0 aliphatic carbocycles. The number of amides is 1. The zero-order chi connectivity index (χ0) is 15.5. The lowest BCUT2D eigenvalue weighted by Gasteiger charge is -2.00. The number of thiazole rings is 1. The molecule has 1 amide bonds. The average Bonchev–Trinajstić information content (AvgIpc) is 2.86. The van der Waals surface area contributed by atoms with Crippen molar-refractivity contribution in [3.8, 4) is 12.3 Å². The second kappa shape index (κ2) is 6.18. The van der Waals surface area contributed by atoms with E-state index in [1.165, 1.54) is 11.3 Å². The van der Waals surface area contributed by atoms with Crippen molar-refractivity contribution in [3.63, 3.8) is 0 Å². The van der Waals surface area contributed by atoms with Crippen molar-refractivity contribution in [1.29, 1.82) is 0 Å². The Labute approximate surface area is 136 Å². The monoisotopic (exact) mass is 326 g/mol. The number of halogens is 1. The Hall–Kier alpha value is -2.35. The molecule has 0 spiro atoms. The fourth-order valence-electron chi connectivity index (χ4n) is 2.13. The topological polar surface area (TPSA) is 34.4 Å². The quantitative estimate of drug-likeness (QED) is 0.661. The van der Waals surface area contributed by atoms with Crippen molar-refractivity contribution in [2.24, 2.45) is 4.99 Å². The van der Waals surface area contributed by atoms with Gasteiger partial charge in [0.15, 0.2) is 4.80 Å². The Morgan fingerprint density at radius 2 is 1.95 bits per heavy atom. The molecule has 22 heavy (non-hydrogen) atoms. The Bertz CT molecular complexity index is 962. The van der Waals surface area contributed by atoms with Crippen molar-refractivity contribution in [3.05, 3.63) is 63.9 Å². The number of hydrogen-bond donors (Lipinski definition) is 0. The number of carbonyl (C=O) groups excluding carboxylic acids is 1. The molecule has 1 aromatic heterocycles. The summed E-state index contributed by atoms with van der Waals surface area (Å²) in [6, 6.07) is 14.7. The van der Waals surface area contributed by atoms with Crippen LogP contribution in [-0.4, -0.2) is 10.5 Å². The van der Waals surface area contributed by atoms with Crippen molar-refractivity contribution >= 4 is 39.1 Å². The number of rotatable bonds is 2. The highest BCUT2D eigenvalue weighted by atomic mass is 35.5. The second-order valence-corrected chi connectivity index (χ2v) is 5.96. The lowest BCUT2D eigenvalue weighted by molar-refractivity contribution is 0.0998. The molecule has 0 fully saturated rings. The lowest BCUT2D eigenvalue weighted by atomic mass is 10.2. The summed E-state index contributed by atoms with van der Waals surface area (Å²) in [4.78, 5) is 17.1. The Morgan fingerprint density at radius 1 is 1.23 bits per heavy atom. The third-order valence-electron chi connectivity index (χ3n) is 3.14. The number of benzene rings is 2. The number of fused-ring (bicyclic) bond motifs is 1. The SMILES string of the molecule is C#CCn1c(=NC(=O)c2ccccc2Cl)sc2ccccc21. The largest absolute Gasteiger partial charge is 0.305 e. The summed E-state index contributed by atoms with van der Waals surface area (Å²) in [6.07, 6.45) is 5.43. The molecule has 0 bridgehead atoms. The number of aromatic nitrogens is 1. The summed E-state index contributed by atoms with van der Waals surface area (Å²) in [7, 11) is 0. The summed E-state index contributed by atoms with van der Waals surface area (Å²) >= 11 is 7.48. The third-order valence-corrected chi connectivity index (χ3v) is 4.53. The van der Waals surface area contributed by atoms with Crippen LogP contribution in [0.1, 0.15) is 10.4 Å². The van der Waals surface area contributed by atoms with E-state index in [1.54, 1.807) is 24.3 Å². The van der Waals surface area contributed by atoms with Crippen LogP contribution in [0.25, 0.3) is 10.2 Å². The van der Waals surface area contributed by atoms with E-state index in [2.05, 4.69) is 10.9 Å². The molecular weight excluding hydrogens is 316 g/mol. The Balaban J connectivity index is 2.17. The van der Waals surface area contributed by atoms with Crippen LogP contribution in [0.4, 0.5) is 0 Å². The van der Waals surface area contributed by atoms with E-state index in [9.17, 15) is 4.79 Å². The number of hydrogen-bond acceptors (Lipinski definition) is 2. The molecular formula is C17H11ClN2OS. The van der Waals surface area contributed by atoms with E-state index >= 15 is 0 Å². The van der Waals surface area contributed by atoms with Gasteiger partial charge in [-0.15, -0.1) is 6.42 Å². The fraction of sp³-hybridized carbons (Fsp3) is 0.0588. The molecule has 3 aromatic rings. The van der Waals surface area contributed by atoms with E-state index in [0.29, 0.717) is 21.9 Å². The van der Waals surface area contributed by atoms with Gasteiger partial charge >= 0.3 is 0 Å².